The van der Waals surface area contributed by atoms with Crippen molar-refractivity contribution in [2.24, 2.45) is 0 Å². The molecule has 1 rings (SSSR count). The molecule has 72 valence electrons. The molecule has 1 N–H and O–H groups in total. The van der Waals surface area contributed by atoms with E-state index in [1.165, 1.54) is 12.8 Å². The van der Waals surface area contributed by atoms with E-state index in [1.807, 2.05) is 0 Å². The SMILES string of the molecule is OC(CBr)CSCC1CCCO1. The van der Waals surface area contributed by atoms with Gasteiger partial charge in [-0.2, -0.15) is 11.8 Å². The number of alkyl halides is 1. The van der Waals surface area contributed by atoms with Crippen LogP contribution in [0, 0.1) is 0 Å². The maximum absolute atomic E-state index is 9.22. The largest absolute Gasteiger partial charge is 0.391 e. The maximum Gasteiger partial charge on any atom is 0.0727 e. The lowest BCUT2D eigenvalue weighted by atomic mass is 10.3. The van der Waals surface area contributed by atoms with Gasteiger partial charge in [0.25, 0.3) is 0 Å². The maximum atomic E-state index is 9.22. The third-order valence-corrected chi connectivity index (χ3v) is 3.79. The third-order valence-electron chi connectivity index (χ3n) is 1.82. The summed E-state index contributed by atoms with van der Waals surface area (Å²) in [4.78, 5) is 0. The molecule has 1 saturated heterocycles. The predicted molar refractivity (Wildman–Crippen MR) is 56.1 cm³/mol. The second-order valence-electron chi connectivity index (χ2n) is 2.98. The van der Waals surface area contributed by atoms with Crippen LogP contribution in [0.1, 0.15) is 12.8 Å². The molecule has 0 aromatic carbocycles. The fraction of sp³-hybridized carbons (Fsp3) is 1.00. The third kappa shape index (κ3) is 4.12. The van der Waals surface area contributed by atoms with E-state index >= 15 is 0 Å². The van der Waals surface area contributed by atoms with Gasteiger partial charge in [0.05, 0.1) is 12.2 Å². The molecule has 0 amide bonds. The van der Waals surface area contributed by atoms with E-state index in [0.717, 1.165) is 18.1 Å². The molecular formula is C8H15BrO2S. The zero-order valence-corrected chi connectivity index (χ0v) is 9.44. The molecule has 1 aliphatic heterocycles. The van der Waals surface area contributed by atoms with Crippen molar-refractivity contribution in [2.45, 2.75) is 25.0 Å². The molecule has 0 saturated carbocycles. The van der Waals surface area contributed by atoms with Crippen LogP contribution in [0.5, 0.6) is 0 Å². The van der Waals surface area contributed by atoms with E-state index < -0.39 is 0 Å². The highest BCUT2D eigenvalue weighted by Gasteiger charge is 2.15. The smallest absolute Gasteiger partial charge is 0.0727 e. The average Bonchev–Trinajstić information content (AvgIpc) is 2.57. The van der Waals surface area contributed by atoms with E-state index in [0.29, 0.717) is 11.4 Å². The average molecular weight is 255 g/mol. The molecule has 0 radical (unpaired) electrons. The monoisotopic (exact) mass is 254 g/mol. The molecule has 0 aliphatic carbocycles. The van der Waals surface area contributed by atoms with Crippen LogP contribution < -0.4 is 0 Å². The Morgan fingerprint density at radius 3 is 3.08 bits per heavy atom. The summed E-state index contributed by atoms with van der Waals surface area (Å²) in [5, 5.41) is 9.90. The first-order chi connectivity index (χ1) is 5.83. The molecule has 2 unspecified atom stereocenters. The van der Waals surface area contributed by atoms with Crippen LogP contribution in [-0.2, 0) is 4.74 Å². The highest BCUT2D eigenvalue weighted by atomic mass is 79.9. The van der Waals surface area contributed by atoms with Crippen molar-refractivity contribution >= 4 is 27.7 Å². The Bertz CT molecular complexity index is 118. The number of aliphatic hydroxyl groups excluding tert-OH is 1. The van der Waals surface area contributed by atoms with E-state index in [9.17, 15) is 5.11 Å². The summed E-state index contributed by atoms with van der Waals surface area (Å²) in [6, 6.07) is 0. The molecule has 0 aromatic heterocycles. The van der Waals surface area contributed by atoms with Gasteiger partial charge in [-0.25, -0.2) is 0 Å². The summed E-state index contributed by atoms with van der Waals surface area (Å²) in [5.41, 5.74) is 0. The lowest BCUT2D eigenvalue weighted by molar-refractivity contribution is 0.128. The Morgan fingerprint density at radius 1 is 1.67 bits per heavy atom. The van der Waals surface area contributed by atoms with Gasteiger partial charge in [0.15, 0.2) is 0 Å². The minimum Gasteiger partial charge on any atom is -0.391 e. The molecule has 0 aromatic rings. The predicted octanol–water partition coefficient (Wildman–Crippen LogP) is 1.65. The second kappa shape index (κ2) is 6.24. The number of aliphatic hydroxyl groups is 1. The van der Waals surface area contributed by atoms with Crippen LogP contribution in [0.25, 0.3) is 0 Å². The van der Waals surface area contributed by atoms with Gasteiger partial charge in [0.2, 0.25) is 0 Å². The molecule has 12 heavy (non-hydrogen) atoms. The zero-order valence-electron chi connectivity index (χ0n) is 7.04. The number of hydrogen-bond acceptors (Lipinski definition) is 3. The van der Waals surface area contributed by atoms with Crippen LogP contribution in [0.2, 0.25) is 0 Å². The first kappa shape index (κ1) is 10.8. The van der Waals surface area contributed by atoms with E-state index in [2.05, 4.69) is 15.9 Å². The van der Waals surface area contributed by atoms with Crippen LogP contribution in [0.15, 0.2) is 0 Å². The summed E-state index contributed by atoms with van der Waals surface area (Å²) in [6.45, 7) is 0.923. The number of thioether (sulfide) groups is 1. The Kier molecular flexibility index (Phi) is 5.63. The summed E-state index contributed by atoms with van der Waals surface area (Å²) in [6.07, 6.45) is 2.62. The summed E-state index contributed by atoms with van der Waals surface area (Å²) in [5.74, 6) is 1.84. The van der Waals surface area contributed by atoms with E-state index in [-0.39, 0.29) is 6.10 Å². The zero-order chi connectivity index (χ0) is 8.81. The van der Waals surface area contributed by atoms with Crippen LogP contribution >= 0.6 is 27.7 Å². The second-order valence-corrected chi connectivity index (χ2v) is 4.70. The van der Waals surface area contributed by atoms with E-state index in [1.54, 1.807) is 11.8 Å². The Labute approximate surface area is 86.2 Å². The number of halogens is 1. The molecule has 1 aliphatic rings. The van der Waals surface area contributed by atoms with Crippen LogP contribution in [-0.4, -0.2) is 40.8 Å². The minimum absolute atomic E-state index is 0.212. The fourth-order valence-corrected chi connectivity index (χ4v) is 2.74. The summed E-state index contributed by atoms with van der Waals surface area (Å²) in [7, 11) is 0. The van der Waals surface area contributed by atoms with Crippen molar-refractivity contribution in [1.29, 1.82) is 0 Å². The van der Waals surface area contributed by atoms with Crippen molar-refractivity contribution in [2.75, 3.05) is 23.4 Å². The standard InChI is InChI=1S/C8H15BrO2S/c9-4-7(10)5-12-6-8-2-1-3-11-8/h7-8,10H,1-6H2. The summed E-state index contributed by atoms with van der Waals surface area (Å²) < 4.78 is 5.45. The van der Waals surface area contributed by atoms with Gasteiger partial charge in [-0.3, -0.25) is 0 Å². The van der Waals surface area contributed by atoms with Gasteiger partial charge in [-0.15, -0.1) is 0 Å². The molecule has 2 nitrogen and oxygen atoms in total. The van der Waals surface area contributed by atoms with Crippen molar-refractivity contribution in [3.05, 3.63) is 0 Å². The first-order valence-corrected chi connectivity index (χ1v) is 6.54. The molecule has 4 heteroatoms. The highest BCUT2D eigenvalue weighted by Crippen LogP contribution is 2.17. The molecule has 0 bridgehead atoms. The van der Waals surface area contributed by atoms with Gasteiger partial charge >= 0.3 is 0 Å². The Balaban J connectivity index is 1.94. The quantitative estimate of drug-likeness (QED) is 0.757. The van der Waals surface area contributed by atoms with E-state index in [4.69, 9.17) is 4.74 Å². The van der Waals surface area contributed by atoms with Crippen LogP contribution in [0.3, 0.4) is 0 Å². The Hall–Kier alpha value is 0.750. The topological polar surface area (TPSA) is 29.5 Å². The molecule has 1 heterocycles. The fourth-order valence-electron chi connectivity index (χ4n) is 1.16. The van der Waals surface area contributed by atoms with Crippen molar-refractivity contribution in [3.63, 3.8) is 0 Å². The number of rotatable bonds is 5. The lowest BCUT2D eigenvalue weighted by Crippen LogP contribution is -2.15. The highest BCUT2D eigenvalue weighted by molar-refractivity contribution is 9.09. The van der Waals surface area contributed by atoms with Crippen molar-refractivity contribution < 1.29 is 9.84 Å². The van der Waals surface area contributed by atoms with Gasteiger partial charge in [0.1, 0.15) is 0 Å². The number of hydrogen-bond donors (Lipinski definition) is 1. The number of ether oxygens (including phenoxy) is 1. The normalized spacial score (nSPS) is 26.0. The Morgan fingerprint density at radius 2 is 2.50 bits per heavy atom. The molecule has 1 fully saturated rings. The van der Waals surface area contributed by atoms with Gasteiger partial charge in [-0.1, -0.05) is 15.9 Å². The summed E-state index contributed by atoms with van der Waals surface area (Å²) >= 11 is 5.01. The molecule has 0 spiro atoms. The van der Waals surface area contributed by atoms with Crippen molar-refractivity contribution in [1.82, 2.24) is 0 Å². The first-order valence-electron chi connectivity index (χ1n) is 4.26. The van der Waals surface area contributed by atoms with Crippen LogP contribution in [0.4, 0.5) is 0 Å². The molecule has 2 atom stereocenters. The van der Waals surface area contributed by atoms with Gasteiger partial charge in [-0.05, 0) is 12.8 Å². The minimum atomic E-state index is -0.212. The molecular weight excluding hydrogens is 240 g/mol. The lowest BCUT2D eigenvalue weighted by Gasteiger charge is -2.10. The van der Waals surface area contributed by atoms with Gasteiger partial charge in [0, 0.05) is 23.4 Å². The van der Waals surface area contributed by atoms with Gasteiger partial charge < -0.3 is 9.84 Å². The van der Waals surface area contributed by atoms with Crippen molar-refractivity contribution in [3.8, 4) is 0 Å².